The van der Waals surface area contributed by atoms with Crippen molar-refractivity contribution < 1.29 is 9.84 Å². The van der Waals surface area contributed by atoms with E-state index < -0.39 is 0 Å². The van der Waals surface area contributed by atoms with E-state index >= 15 is 0 Å². The third kappa shape index (κ3) is 2.47. The quantitative estimate of drug-likeness (QED) is 0.818. The zero-order valence-corrected chi connectivity index (χ0v) is 8.74. The largest absolute Gasteiger partial charge is 0.388 e. The SMILES string of the molecule is Cl.OCc1nccn1CC1CCOC1. The molecular weight excluding hydrogens is 204 g/mol. The van der Waals surface area contributed by atoms with E-state index in [1.165, 1.54) is 0 Å². The van der Waals surface area contributed by atoms with Gasteiger partial charge in [0.15, 0.2) is 0 Å². The molecule has 80 valence electrons. The molecule has 1 fully saturated rings. The van der Waals surface area contributed by atoms with Crippen LogP contribution in [-0.4, -0.2) is 27.9 Å². The Bertz CT molecular complexity index is 272. The van der Waals surface area contributed by atoms with Gasteiger partial charge >= 0.3 is 0 Å². The minimum Gasteiger partial charge on any atom is -0.388 e. The molecular formula is C9H15ClN2O2. The van der Waals surface area contributed by atoms with Gasteiger partial charge in [-0.05, 0) is 6.42 Å². The van der Waals surface area contributed by atoms with Crippen LogP contribution in [0.1, 0.15) is 12.2 Å². The van der Waals surface area contributed by atoms with Crippen molar-refractivity contribution in [3.8, 4) is 0 Å². The van der Waals surface area contributed by atoms with E-state index in [-0.39, 0.29) is 19.0 Å². The highest BCUT2D eigenvalue weighted by atomic mass is 35.5. The van der Waals surface area contributed by atoms with Crippen LogP contribution in [0.25, 0.3) is 0 Å². The molecule has 1 N–H and O–H groups in total. The summed E-state index contributed by atoms with van der Waals surface area (Å²) in [6, 6.07) is 0. The second-order valence-corrected chi connectivity index (χ2v) is 3.38. The number of hydrogen-bond acceptors (Lipinski definition) is 3. The minimum absolute atomic E-state index is 0. The lowest BCUT2D eigenvalue weighted by molar-refractivity contribution is 0.181. The van der Waals surface area contributed by atoms with Crippen molar-refractivity contribution in [3.63, 3.8) is 0 Å². The number of rotatable bonds is 3. The standard InChI is InChI=1S/C9H14N2O2.ClH/c12-6-9-10-2-3-11(9)5-8-1-4-13-7-8;/h2-3,8,12H,1,4-7H2;1H. The van der Waals surface area contributed by atoms with Gasteiger partial charge < -0.3 is 14.4 Å². The van der Waals surface area contributed by atoms with Crippen molar-refractivity contribution in [1.29, 1.82) is 0 Å². The summed E-state index contributed by atoms with van der Waals surface area (Å²) < 4.78 is 7.28. The highest BCUT2D eigenvalue weighted by Crippen LogP contribution is 2.15. The third-order valence-electron chi connectivity index (χ3n) is 2.42. The molecule has 1 saturated heterocycles. The van der Waals surface area contributed by atoms with Crippen molar-refractivity contribution in [1.82, 2.24) is 9.55 Å². The van der Waals surface area contributed by atoms with E-state index in [0.29, 0.717) is 5.92 Å². The number of hydrogen-bond donors (Lipinski definition) is 1. The first-order valence-electron chi connectivity index (χ1n) is 4.59. The van der Waals surface area contributed by atoms with Crippen LogP contribution in [0.3, 0.4) is 0 Å². The van der Waals surface area contributed by atoms with E-state index in [0.717, 1.165) is 32.0 Å². The molecule has 0 saturated carbocycles. The monoisotopic (exact) mass is 218 g/mol. The molecule has 5 heteroatoms. The average molecular weight is 219 g/mol. The first-order valence-corrected chi connectivity index (χ1v) is 4.59. The molecule has 1 aliphatic heterocycles. The average Bonchev–Trinajstić information content (AvgIpc) is 2.76. The Morgan fingerprint density at radius 1 is 1.64 bits per heavy atom. The first-order chi connectivity index (χ1) is 6.40. The van der Waals surface area contributed by atoms with Crippen LogP contribution in [0.4, 0.5) is 0 Å². The lowest BCUT2D eigenvalue weighted by Crippen LogP contribution is -2.12. The molecule has 4 nitrogen and oxygen atoms in total. The van der Waals surface area contributed by atoms with E-state index in [4.69, 9.17) is 9.84 Å². The Kier molecular flexibility index (Phi) is 4.38. The molecule has 0 amide bonds. The molecule has 1 aliphatic rings. The Labute approximate surface area is 89.3 Å². The number of nitrogens with zero attached hydrogens (tertiary/aromatic N) is 2. The topological polar surface area (TPSA) is 47.3 Å². The lowest BCUT2D eigenvalue weighted by Gasteiger charge is -2.10. The second-order valence-electron chi connectivity index (χ2n) is 3.38. The van der Waals surface area contributed by atoms with E-state index in [9.17, 15) is 0 Å². The van der Waals surface area contributed by atoms with Gasteiger partial charge in [0.05, 0.1) is 6.61 Å². The highest BCUT2D eigenvalue weighted by molar-refractivity contribution is 5.85. The molecule has 1 aromatic heterocycles. The molecule has 1 atom stereocenters. The van der Waals surface area contributed by atoms with Crippen molar-refractivity contribution in [2.75, 3.05) is 13.2 Å². The fourth-order valence-electron chi connectivity index (χ4n) is 1.66. The van der Waals surface area contributed by atoms with Gasteiger partial charge in [-0.2, -0.15) is 0 Å². The van der Waals surface area contributed by atoms with Gasteiger partial charge in [0, 0.05) is 31.5 Å². The summed E-state index contributed by atoms with van der Waals surface area (Å²) in [5.74, 6) is 1.33. The molecule has 1 aromatic rings. The summed E-state index contributed by atoms with van der Waals surface area (Å²) >= 11 is 0. The third-order valence-corrected chi connectivity index (χ3v) is 2.42. The summed E-state index contributed by atoms with van der Waals surface area (Å²) in [4.78, 5) is 4.05. The second kappa shape index (κ2) is 5.34. The Morgan fingerprint density at radius 2 is 2.50 bits per heavy atom. The van der Waals surface area contributed by atoms with Gasteiger partial charge in [-0.1, -0.05) is 0 Å². The van der Waals surface area contributed by atoms with Crippen LogP contribution in [0.5, 0.6) is 0 Å². The summed E-state index contributed by atoms with van der Waals surface area (Å²) in [7, 11) is 0. The summed E-state index contributed by atoms with van der Waals surface area (Å²) in [5.41, 5.74) is 0. The van der Waals surface area contributed by atoms with Gasteiger partial charge in [0.2, 0.25) is 0 Å². The highest BCUT2D eigenvalue weighted by Gasteiger charge is 2.16. The summed E-state index contributed by atoms with van der Waals surface area (Å²) in [6.45, 7) is 2.63. The molecule has 0 bridgehead atoms. The lowest BCUT2D eigenvalue weighted by atomic mass is 10.1. The van der Waals surface area contributed by atoms with Crippen LogP contribution in [0, 0.1) is 5.92 Å². The normalized spacial score (nSPS) is 20.8. The fourth-order valence-corrected chi connectivity index (χ4v) is 1.66. The van der Waals surface area contributed by atoms with Crippen molar-refractivity contribution >= 4 is 12.4 Å². The van der Waals surface area contributed by atoms with E-state index in [1.54, 1.807) is 6.20 Å². The van der Waals surface area contributed by atoms with Crippen LogP contribution < -0.4 is 0 Å². The molecule has 2 heterocycles. The maximum atomic E-state index is 8.97. The fraction of sp³-hybridized carbons (Fsp3) is 0.667. The number of imidazole rings is 1. The van der Waals surface area contributed by atoms with E-state index in [1.807, 2.05) is 10.8 Å². The Hall–Kier alpha value is -0.580. The zero-order valence-electron chi connectivity index (χ0n) is 7.93. The summed E-state index contributed by atoms with van der Waals surface area (Å²) in [5, 5.41) is 8.97. The summed E-state index contributed by atoms with van der Waals surface area (Å²) in [6.07, 6.45) is 4.74. The van der Waals surface area contributed by atoms with Gasteiger partial charge in [-0.3, -0.25) is 0 Å². The molecule has 0 aliphatic carbocycles. The Morgan fingerprint density at radius 3 is 3.14 bits per heavy atom. The van der Waals surface area contributed by atoms with Gasteiger partial charge in [0.1, 0.15) is 12.4 Å². The number of aliphatic hydroxyl groups excluding tert-OH is 1. The number of aliphatic hydroxyl groups is 1. The van der Waals surface area contributed by atoms with Crippen molar-refractivity contribution in [2.24, 2.45) is 5.92 Å². The van der Waals surface area contributed by atoms with Crippen LogP contribution >= 0.6 is 12.4 Å². The molecule has 2 rings (SSSR count). The predicted molar refractivity (Wildman–Crippen MR) is 54.3 cm³/mol. The number of halogens is 1. The molecule has 0 radical (unpaired) electrons. The predicted octanol–water partition coefficient (Wildman–Crippen LogP) is 0.834. The number of aromatic nitrogens is 2. The van der Waals surface area contributed by atoms with Gasteiger partial charge in [-0.15, -0.1) is 12.4 Å². The van der Waals surface area contributed by atoms with Crippen molar-refractivity contribution in [3.05, 3.63) is 18.2 Å². The first kappa shape index (κ1) is 11.5. The molecule has 14 heavy (non-hydrogen) atoms. The maximum absolute atomic E-state index is 8.97. The molecule has 0 aromatic carbocycles. The van der Waals surface area contributed by atoms with Crippen LogP contribution in [0.2, 0.25) is 0 Å². The van der Waals surface area contributed by atoms with E-state index in [2.05, 4.69) is 4.98 Å². The van der Waals surface area contributed by atoms with Crippen LogP contribution in [-0.2, 0) is 17.9 Å². The molecule has 0 spiro atoms. The Balaban J connectivity index is 0.000000980. The van der Waals surface area contributed by atoms with Crippen LogP contribution in [0.15, 0.2) is 12.4 Å². The number of ether oxygens (including phenoxy) is 1. The van der Waals surface area contributed by atoms with Gasteiger partial charge in [0.25, 0.3) is 0 Å². The van der Waals surface area contributed by atoms with Gasteiger partial charge in [-0.25, -0.2) is 4.98 Å². The zero-order chi connectivity index (χ0) is 9.10. The molecule has 1 unspecified atom stereocenters. The van der Waals surface area contributed by atoms with Crippen molar-refractivity contribution in [2.45, 2.75) is 19.6 Å². The smallest absolute Gasteiger partial charge is 0.134 e. The minimum atomic E-state index is 0. The maximum Gasteiger partial charge on any atom is 0.134 e.